The summed E-state index contributed by atoms with van der Waals surface area (Å²) in [5, 5.41) is 9.57. The summed E-state index contributed by atoms with van der Waals surface area (Å²) in [6.07, 6.45) is 1.56. The van der Waals surface area contributed by atoms with Crippen molar-refractivity contribution < 1.29 is 24.2 Å². The number of amides is 1. The lowest BCUT2D eigenvalue weighted by Crippen LogP contribution is -2.24. The van der Waals surface area contributed by atoms with Crippen molar-refractivity contribution in [3.8, 4) is 0 Å². The van der Waals surface area contributed by atoms with Crippen LogP contribution in [0.5, 0.6) is 0 Å². The molecule has 2 aromatic rings. The number of anilines is 1. The Kier molecular flexibility index (Phi) is 5.84. The maximum atomic E-state index is 13.2. The minimum atomic E-state index is -1.04. The largest absolute Gasteiger partial charge is 0.478 e. The number of esters is 1. The van der Waals surface area contributed by atoms with Crippen LogP contribution >= 0.6 is 11.6 Å². The van der Waals surface area contributed by atoms with Crippen LogP contribution in [0.2, 0.25) is 5.02 Å². The Hall–Kier alpha value is -3.38. The van der Waals surface area contributed by atoms with Crippen LogP contribution in [-0.2, 0) is 14.3 Å². The average Bonchev–Trinajstić information content (AvgIpc) is 2.93. The molecule has 148 valence electrons. The highest BCUT2D eigenvalue weighted by molar-refractivity contribution is 6.30. The number of rotatable bonds is 5. The third-order valence-electron chi connectivity index (χ3n) is 4.43. The number of ether oxygens (including phenoxy) is 1. The van der Waals surface area contributed by atoms with Gasteiger partial charge in [0.05, 0.1) is 23.3 Å². The summed E-state index contributed by atoms with van der Waals surface area (Å²) in [4.78, 5) is 38.2. The number of hydrogen-bond acceptors (Lipinski definition) is 4. The molecule has 2 aromatic carbocycles. The number of halogens is 1. The Labute approximate surface area is 172 Å². The predicted octanol–water partition coefficient (Wildman–Crippen LogP) is 4.31. The summed E-state index contributed by atoms with van der Waals surface area (Å²) in [6.45, 7) is 3.54. The van der Waals surface area contributed by atoms with Gasteiger partial charge in [0.25, 0.3) is 5.91 Å². The number of carboxylic acids is 1. The molecular formula is C22H18ClNO5. The molecule has 0 aliphatic carbocycles. The van der Waals surface area contributed by atoms with Gasteiger partial charge >= 0.3 is 11.9 Å². The van der Waals surface area contributed by atoms with Crippen molar-refractivity contribution in [2.45, 2.75) is 13.8 Å². The summed E-state index contributed by atoms with van der Waals surface area (Å²) < 4.78 is 5.15. The molecule has 0 aromatic heterocycles. The highest BCUT2D eigenvalue weighted by Crippen LogP contribution is 2.35. The Bertz CT molecular complexity index is 1040. The Morgan fingerprint density at radius 2 is 1.72 bits per heavy atom. The van der Waals surface area contributed by atoms with Gasteiger partial charge < -0.3 is 9.84 Å². The van der Waals surface area contributed by atoms with Crippen molar-refractivity contribution in [2.24, 2.45) is 0 Å². The number of nitrogens with zero attached hydrogens (tertiary/aromatic N) is 1. The van der Waals surface area contributed by atoms with E-state index in [2.05, 4.69) is 0 Å². The molecule has 0 bridgehead atoms. The third-order valence-corrected chi connectivity index (χ3v) is 4.69. The maximum Gasteiger partial charge on any atom is 0.340 e. The van der Waals surface area contributed by atoms with Gasteiger partial charge in [-0.25, -0.2) is 9.59 Å². The fourth-order valence-electron chi connectivity index (χ4n) is 3.07. The highest BCUT2D eigenvalue weighted by Gasteiger charge is 2.38. The lowest BCUT2D eigenvalue weighted by Gasteiger charge is -2.17. The first-order valence-corrected chi connectivity index (χ1v) is 9.24. The molecule has 0 atom stereocenters. The zero-order valence-corrected chi connectivity index (χ0v) is 16.6. The minimum absolute atomic E-state index is 0.130. The van der Waals surface area contributed by atoms with Gasteiger partial charge in [-0.05, 0) is 61.9 Å². The van der Waals surface area contributed by atoms with Crippen molar-refractivity contribution >= 4 is 41.2 Å². The monoisotopic (exact) mass is 411 g/mol. The van der Waals surface area contributed by atoms with Crippen molar-refractivity contribution in [2.75, 3.05) is 11.5 Å². The maximum absolute atomic E-state index is 13.2. The van der Waals surface area contributed by atoms with Gasteiger partial charge in [-0.3, -0.25) is 9.69 Å². The highest BCUT2D eigenvalue weighted by atomic mass is 35.5. The third kappa shape index (κ3) is 4.07. The zero-order valence-electron chi connectivity index (χ0n) is 15.8. The van der Waals surface area contributed by atoms with Gasteiger partial charge in [0.15, 0.2) is 0 Å². The molecule has 0 unspecified atom stereocenters. The smallest absolute Gasteiger partial charge is 0.340 e. The van der Waals surface area contributed by atoms with E-state index in [1.165, 1.54) is 17.0 Å². The number of benzene rings is 2. The fourth-order valence-corrected chi connectivity index (χ4v) is 3.20. The van der Waals surface area contributed by atoms with E-state index in [0.29, 0.717) is 22.0 Å². The van der Waals surface area contributed by atoms with Gasteiger partial charge in [-0.1, -0.05) is 23.7 Å². The molecule has 0 radical (unpaired) electrons. The molecule has 3 rings (SSSR count). The molecule has 0 fully saturated rings. The standard InChI is InChI=1S/C22H18ClNO5/c1-3-29-22(28)19-13(2)24(17-10-8-16(23)9-11-17)20(25)18(19)12-14-4-6-15(7-5-14)21(26)27/h4-12H,3H2,1-2H3,(H,26,27). The van der Waals surface area contributed by atoms with Crippen LogP contribution in [0.15, 0.2) is 65.4 Å². The number of hydrogen-bond donors (Lipinski definition) is 1. The predicted molar refractivity (Wildman–Crippen MR) is 110 cm³/mol. The summed E-state index contributed by atoms with van der Waals surface area (Å²) in [7, 11) is 0. The van der Waals surface area contributed by atoms with Gasteiger partial charge in [0.2, 0.25) is 0 Å². The van der Waals surface area contributed by atoms with E-state index >= 15 is 0 Å². The Balaban J connectivity index is 2.08. The van der Waals surface area contributed by atoms with Crippen LogP contribution in [0.4, 0.5) is 5.69 Å². The number of carbonyl (C=O) groups is 3. The number of aromatic carboxylic acids is 1. The second-order valence-corrected chi connectivity index (χ2v) is 6.72. The minimum Gasteiger partial charge on any atom is -0.478 e. The zero-order chi connectivity index (χ0) is 21.1. The van der Waals surface area contributed by atoms with E-state index in [1.807, 2.05) is 0 Å². The van der Waals surface area contributed by atoms with Gasteiger partial charge in [-0.2, -0.15) is 0 Å². The summed E-state index contributed by atoms with van der Waals surface area (Å²) in [5.41, 5.74) is 2.09. The van der Waals surface area contributed by atoms with Crippen molar-refractivity contribution in [1.82, 2.24) is 0 Å². The molecular weight excluding hydrogens is 394 g/mol. The molecule has 1 aliphatic rings. The lowest BCUT2D eigenvalue weighted by atomic mass is 10.0. The quantitative estimate of drug-likeness (QED) is 0.585. The van der Waals surface area contributed by atoms with Crippen LogP contribution in [0.3, 0.4) is 0 Å². The van der Waals surface area contributed by atoms with Crippen molar-refractivity contribution in [3.63, 3.8) is 0 Å². The molecule has 0 saturated heterocycles. The normalized spacial score (nSPS) is 15.2. The second kappa shape index (κ2) is 8.32. The Morgan fingerprint density at radius 1 is 1.10 bits per heavy atom. The van der Waals surface area contributed by atoms with Gasteiger partial charge in [-0.15, -0.1) is 0 Å². The van der Waals surface area contributed by atoms with Crippen molar-refractivity contribution in [1.29, 1.82) is 0 Å². The van der Waals surface area contributed by atoms with Crippen molar-refractivity contribution in [3.05, 3.63) is 81.5 Å². The first-order chi connectivity index (χ1) is 13.8. The van der Waals surface area contributed by atoms with E-state index in [-0.39, 0.29) is 29.2 Å². The molecule has 0 spiro atoms. The SMILES string of the molecule is CCOC(=O)C1=C(C)N(c2ccc(Cl)cc2)C(=O)C1=Cc1ccc(C(=O)O)cc1. The molecule has 1 N–H and O–H groups in total. The number of allylic oxidation sites excluding steroid dienone is 1. The number of carbonyl (C=O) groups excluding carboxylic acids is 2. The lowest BCUT2D eigenvalue weighted by molar-refractivity contribution is -0.138. The van der Waals surface area contributed by atoms with Crippen LogP contribution in [0, 0.1) is 0 Å². The van der Waals surface area contributed by atoms with E-state index < -0.39 is 11.9 Å². The van der Waals surface area contributed by atoms with Crippen LogP contribution in [0.1, 0.15) is 29.8 Å². The summed E-state index contributed by atoms with van der Waals surface area (Å²) >= 11 is 5.94. The molecule has 6 nitrogen and oxygen atoms in total. The van der Waals surface area contributed by atoms with E-state index in [4.69, 9.17) is 21.4 Å². The van der Waals surface area contributed by atoms with Crippen LogP contribution in [0.25, 0.3) is 6.08 Å². The van der Waals surface area contributed by atoms with Gasteiger partial charge in [0.1, 0.15) is 0 Å². The molecule has 1 amide bonds. The summed E-state index contributed by atoms with van der Waals surface area (Å²) in [5.74, 6) is -2.02. The van der Waals surface area contributed by atoms with E-state index in [9.17, 15) is 14.4 Å². The molecule has 0 saturated carbocycles. The van der Waals surface area contributed by atoms with E-state index in [0.717, 1.165) is 0 Å². The molecule has 29 heavy (non-hydrogen) atoms. The van der Waals surface area contributed by atoms with Crippen LogP contribution < -0.4 is 4.90 Å². The first-order valence-electron chi connectivity index (χ1n) is 8.87. The van der Waals surface area contributed by atoms with Crippen LogP contribution in [-0.4, -0.2) is 29.6 Å². The van der Waals surface area contributed by atoms with E-state index in [1.54, 1.807) is 56.3 Å². The average molecular weight is 412 g/mol. The molecule has 1 aliphatic heterocycles. The molecule has 1 heterocycles. The fraction of sp³-hybridized carbons (Fsp3) is 0.136. The van der Waals surface area contributed by atoms with Gasteiger partial charge in [0, 0.05) is 16.4 Å². The molecule has 7 heteroatoms. The number of carboxylic acid groups (broad SMARTS) is 1. The first kappa shape index (κ1) is 20.4. The topological polar surface area (TPSA) is 83.9 Å². The Morgan fingerprint density at radius 3 is 2.28 bits per heavy atom. The second-order valence-electron chi connectivity index (χ2n) is 6.28. The summed E-state index contributed by atoms with van der Waals surface area (Å²) in [6, 6.07) is 12.7.